The number of carbonyl (C=O) groups excluding carboxylic acids is 1. The lowest BCUT2D eigenvalue weighted by molar-refractivity contribution is -0.384. The number of fused-ring (bicyclic) bond motifs is 1. The average Bonchev–Trinajstić information content (AvgIpc) is 3.80. The monoisotopic (exact) mass is 942 g/mol. The summed E-state index contributed by atoms with van der Waals surface area (Å²) in [7, 11) is 3.27. The number of hydrogen-bond acceptors (Lipinski definition) is 12. The molecule has 3 fully saturated rings. The maximum atomic E-state index is 13.8. The fraction of sp³-hybridized carbons (Fsp3) is 0.373. The number of pyridine rings is 1. The third-order valence-electron chi connectivity index (χ3n) is 13.9. The molecule has 6 aromatic rings. The van der Waals surface area contributed by atoms with Crippen LogP contribution in [-0.2, 0) is 17.7 Å². The number of nitro groups is 1. The standard InChI is InChI=1S/C51H58N8O6S2/c1-33(2)40-8-6-7-9-41(40)45-32-56(31-34-10-15-48(67(5)63)47(24-34)64-4)22-23-58(45)37-28-51(29-37)17-20-57(21-18-51)36-11-13-42(46(26-36)65-38-25-35-16-19-53-49(35)54-30-38)50(60)55-66-39-12-14-43(52-3)44(27-39)59(61)62/h6-16,19,24-27,30,33,37,45,52H,17-18,20-23,28-29,31-32H2,1-5H3,(H,53,54)(H,55,60). The summed E-state index contributed by atoms with van der Waals surface area (Å²) in [6.45, 7) is 10.1. The molecular weight excluding hydrogens is 885 g/mol. The van der Waals surface area contributed by atoms with Gasteiger partial charge >= 0.3 is 0 Å². The number of H-pyrrole nitrogens is 1. The van der Waals surface area contributed by atoms with Gasteiger partial charge in [0.05, 0.1) is 23.8 Å². The maximum Gasteiger partial charge on any atom is 0.293 e. The number of amides is 1. The van der Waals surface area contributed by atoms with E-state index < -0.39 is 16.1 Å². The Kier molecular flexibility index (Phi) is 13.7. The first kappa shape index (κ1) is 46.3. The number of aromatic amines is 1. The molecule has 3 N–H and O–H groups in total. The van der Waals surface area contributed by atoms with Crippen LogP contribution in [0.5, 0.6) is 17.2 Å². The Labute approximate surface area is 399 Å². The number of piperazine rings is 1. The van der Waals surface area contributed by atoms with Crippen molar-refractivity contribution in [3.8, 4) is 17.2 Å². The molecule has 0 radical (unpaired) electrons. The Morgan fingerprint density at radius 1 is 1.00 bits per heavy atom. The average molecular weight is 943 g/mol. The summed E-state index contributed by atoms with van der Waals surface area (Å²) in [5.41, 5.74) is 6.66. The van der Waals surface area contributed by atoms with Crippen molar-refractivity contribution in [2.75, 3.05) is 63.4 Å². The summed E-state index contributed by atoms with van der Waals surface area (Å²) in [5, 5.41) is 15.4. The largest absolute Gasteiger partial charge is 0.612 e. The van der Waals surface area contributed by atoms with E-state index in [1.165, 1.54) is 30.0 Å². The Bertz CT molecular complexity index is 2750. The van der Waals surface area contributed by atoms with Crippen molar-refractivity contribution in [2.45, 2.75) is 73.9 Å². The van der Waals surface area contributed by atoms with Gasteiger partial charge in [-0.1, -0.05) is 44.2 Å². The summed E-state index contributed by atoms with van der Waals surface area (Å²) in [5.74, 6) is 1.61. The highest BCUT2D eigenvalue weighted by molar-refractivity contribution is 7.98. The third-order valence-corrected chi connectivity index (χ3v) is 15.7. The lowest BCUT2D eigenvalue weighted by atomic mass is 9.59. The number of methoxy groups -OCH3 is 1. The van der Waals surface area contributed by atoms with Gasteiger partial charge in [0.25, 0.3) is 11.6 Å². The molecule has 14 nitrogen and oxygen atoms in total. The van der Waals surface area contributed by atoms with E-state index in [0.29, 0.717) is 45.4 Å². The molecule has 2 aliphatic heterocycles. The van der Waals surface area contributed by atoms with E-state index in [4.69, 9.17) is 9.47 Å². The number of hydrogen-bond donors (Lipinski definition) is 3. The molecule has 350 valence electrons. The molecule has 0 bridgehead atoms. The van der Waals surface area contributed by atoms with Gasteiger partial charge in [0.1, 0.15) is 29.1 Å². The number of carbonyl (C=O) groups is 1. The van der Waals surface area contributed by atoms with Crippen LogP contribution < -0.4 is 24.4 Å². The fourth-order valence-electron chi connectivity index (χ4n) is 10.4. The summed E-state index contributed by atoms with van der Waals surface area (Å²) in [4.78, 5) is 41.7. The zero-order valence-electron chi connectivity index (χ0n) is 38.6. The number of aromatic nitrogens is 2. The van der Waals surface area contributed by atoms with Gasteiger partial charge in [-0.3, -0.25) is 29.4 Å². The number of benzene rings is 4. The molecule has 1 amide bonds. The van der Waals surface area contributed by atoms with Crippen molar-refractivity contribution in [3.05, 3.63) is 136 Å². The molecule has 4 aromatic carbocycles. The van der Waals surface area contributed by atoms with Crippen molar-refractivity contribution in [1.82, 2.24) is 24.5 Å². The lowest BCUT2D eigenvalue weighted by Gasteiger charge is -2.58. The Balaban J connectivity index is 0.890. The highest BCUT2D eigenvalue weighted by Gasteiger charge is 2.50. The summed E-state index contributed by atoms with van der Waals surface area (Å²) in [6, 6.07) is 30.2. The molecule has 3 aliphatic rings. The Morgan fingerprint density at radius 3 is 2.55 bits per heavy atom. The van der Waals surface area contributed by atoms with Crippen LogP contribution in [0.15, 0.2) is 113 Å². The normalized spacial score (nSPS) is 18.2. The highest BCUT2D eigenvalue weighted by Crippen LogP contribution is 2.53. The van der Waals surface area contributed by atoms with Crippen molar-refractivity contribution in [2.24, 2.45) is 5.41 Å². The predicted octanol–water partition coefficient (Wildman–Crippen LogP) is 9.92. The summed E-state index contributed by atoms with van der Waals surface area (Å²) >= 11 is -0.108. The molecule has 16 heteroatoms. The first-order valence-electron chi connectivity index (χ1n) is 22.9. The molecule has 2 saturated heterocycles. The van der Waals surface area contributed by atoms with Crippen LogP contribution in [0.25, 0.3) is 11.0 Å². The van der Waals surface area contributed by atoms with Crippen molar-refractivity contribution < 1.29 is 23.7 Å². The van der Waals surface area contributed by atoms with Gasteiger partial charge in [0.15, 0.2) is 10.6 Å². The fourth-order valence-corrected chi connectivity index (χ4v) is 11.7. The lowest BCUT2D eigenvalue weighted by Crippen LogP contribution is -2.60. The zero-order valence-corrected chi connectivity index (χ0v) is 40.3. The predicted molar refractivity (Wildman–Crippen MR) is 266 cm³/mol. The quantitative estimate of drug-likeness (QED) is 0.0387. The number of anilines is 2. The topological polar surface area (TPSA) is 164 Å². The Hall–Kier alpha value is -5.78. The number of nitrogens with zero attached hydrogens (tertiary/aromatic N) is 5. The molecule has 2 atom stereocenters. The minimum Gasteiger partial charge on any atom is -0.612 e. The number of piperidine rings is 1. The SMILES string of the molecule is CNc1ccc(SNC(=O)c2ccc(N3CCC4(CC3)CC(N3CCN(Cc5ccc([S+](C)[O-])c(OC)c5)CC3c3ccccc3C(C)C)C4)cc2Oc2cnc3[nH]ccc3c2)cc1[N+](=O)[O-]. The van der Waals surface area contributed by atoms with E-state index in [1.807, 2.05) is 42.6 Å². The van der Waals surface area contributed by atoms with Crippen molar-refractivity contribution >= 4 is 57.1 Å². The summed E-state index contributed by atoms with van der Waals surface area (Å²) in [6.07, 6.45) is 9.67. The molecule has 9 rings (SSSR count). The minimum absolute atomic E-state index is 0.0766. The van der Waals surface area contributed by atoms with Gasteiger partial charge in [-0.25, -0.2) is 4.98 Å². The van der Waals surface area contributed by atoms with Crippen LogP contribution in [0.1, 0.15) is 78.5 Å². The van der Waals surface area contributed by atoms with Gasteiger partial charge in [0.2, 0.25) is 0 Å². The van der Waals surface area contributed by atoms with E-state index in [1.54, 1.807) is 44.8 Å². The van der Waals surface area contributed by atoms with Crippen molar-refractivity contribution in [1.29, 1.82) is 0 Å². The minimum atomic E-state index is -1.12. The molecular formula is C51H58N8O6S2. The van der Waals surface area contributed by atoms with Gasteiger partial charge in [-0.05, 0) is 125 Å². The van der Waals surface area contributed by atoms with E-state index in [-0.39, 0.29) is 23.1 Å². The third kappa shape index (κ3) is 9.95. The second kappa shape index (κ2) is 19.8. The van der Waals surface area contributed by atoms with Crippen LogP contribution in [0, 0.1) is 15.5 Å². The van der Waals surface area contributed by atoms with Crippen molar-refractivity contribution in [3.63, 3.8) is 0 Å². The van der Waals surface area contributed by atoms with Gasteiger partial charge < -0.3 is 29.2 Å². The smallest absolute Gasteiger partial charge is 0.293 e. The van der Waals surface area contributed by atoms with Crippen LogP contribution in [0.4, 0.5) is 17.1 Å². The molecule has 1 spiro atoms. The highest BCUT2D eigenvalue weighted by atomic mass is 32.2. The zero-order chi connectivity index (χ0) is 46.8. The van der Waals surface area contributed by atoms with E-state index >= 15 is 0 Å². The molecule has 4 heterocycles. The van der Waals surface area contributed by atoms with Crippen LogP contribution in [-0.4, -0.2) is 94.3 Å². The summed E-state index contributed by atoms with van der Waals surface area (Å²) < 4.78 is 27.3. The first-order valence-corrected chi connectivity index (χ1v) is 25.3. The van der Waals surface area contributed by atoms with E-state index in [2.05, 4.69) is 78.9 Å². The number of nitrogens with one attached hydrogen (secondary N) is 3. The van der Waals surface area contributed by atoms with Gasteiger partial charge in [0, 0.05) is 92.7 Å². The molecule has 2 aromatic heterocycles. The second-order valence-electron chi connectivity index (χ2n) is 18.3. The van der Waals surface area contributed by atoms with Crippen LogP contribution >= 0.6 is 11.9 Å². The maximum absolute atomic E-state index is 13.8. The molecule has 67 heavy (non-hydrogen) atoms. The number of rotatable bonds is 15. The number of ether oxygens (including phenoxy) is 2. The Morgan fingerprint density at radius 2 is 1.81 bits per heavy atom. The van der Waals surface area contributed by atoms with Gasteiger partial charge in [-0.15, -0.1) is 0 Å². The van der Waals surface area contributed by atoms with Gasteiger partial charge in [-0.2, -0.15) is 0 Å². The number of nitro benzene ring substituents is 1. The van der Waals surface area contributed by atoms with Crippen LogP contribution in [0.3, 0.4) is 0 Å². The van der Waals surface area contributed by atoms with E-state index in [0.717, 1.165) is 91.2 Å². The van der Waals surface area contributed by atoms with E-state index in [9.17, 15) is 19.5 Å². The molecule has 1 aliphatic carbocycles. The van der Waals surface area contributed by atoms with Crippen LogP contribution in [0.2, 0.25) is 0 Å². The first-order chi connectivity index (χ1) is 32.4. The molecule has 2 unspecified atom stereocenters. The molecule has 1 saturated carbocycles. The second-order valence-corrected chi connectivity index (χ2v) is 20.6.